The number of carbonyl (C=O) groups is 3. The maximum absolute atomic E-state index is 12.9. The Bertz CT molecular complexity index is 1470. The average molecular weight is 560 g/mol. The van der Waals surface area contributed by atoms with Crippen LogP contribution in [0.15, 0.2) is 57.7 Å². The number of benzene rings is 2. The van der Waals surface area contributed by atoms with E-state index in [1.54, 1.807) is 23.1 Å². The van der Waals surface area contributed by atoms with Crippen molar-refractivity contribution in [3.8, 4) is 5.75 Å². The minimum atomic E-state index is -0.611. The summed E-state index contributed by atoms with van der Waals surface area (Å²) in [5.41, 5.74) is 2.37. The Morgan fingerprint density at radius 3 is 2.61 bits per heavy atom. The zero-order valence-corrected chi connectivity index (χ0v) is 23.5. The molecule has 2 fully saturated rings. The molecule has 2 aliphatic rings. The third-order valence-corrected chi connectivity index (χ3v) is 7.92. The zero-order chi connectivity index (χ0) is 28.8. The summed E-state index contributed by atoms with van der Waals surface area (Å²) in [5.74, 6) is 0.176. The minimum Gasteiger partial charge on any atom is -0.494 e. The van der Waals surface area contributed by atoms with E-state index in [-0.39, 0.29) is 35.1 Å². The van der Waals surface area contributed by atoms with Gasteiger partial charge in [-0.1, -0.05) is 31.2 Å². The summed E-state index contributed by atoms with van der Waals surface area (Å²) in [6.07, 6.45) is 5.12. The number of rotatable bonds is 9. The first-order valence-electron chi connectivity index (χ1n) is 14.5. The van der Waals surface area contributed by atoms with E-state index in [0.29, 0.717) is 49.7 Å². The van der Waals surface area contributed by atoms with Gasteiger partial charge in [0.1, 0.15) is 11.3 Å². The van der Waals surface area contributed by atoms with Crippen LogP contribution in [0.2, 0.25) is 0 Å². The first-order valence-corrected chi connectivity index (χ1v) is 14.5. The lowest BCUT2D eigenvalue weighted by molar-refractivity contribution is -0.134. The number of ether oxygens (including phenoxy) is 1. The summed E-state index contributed by atoms with van der Waals surface area (Å²) >= 11 is 0. The first-order chi connectivity index (χ1) is 19.9. The van der Waals surface area contributed by atoms with Crippen LogP contribution in [0, 0.1) is 0 Å². The van der Waals surface area contributed by atoms with E-state index in [1.807, 2.05) is 24.0 Å². The highest BCUT2D eigenvalue weighted by Crippen LogP contribution is 2.31. The second-order valence-corrected chi connectivity index (χ2v) is 10.8. The topological polar surface area (TPSA) is 109 Å². The molecule has 9 heteroatoms. The molecule has 2 aliphatic heterocycles. The molecule has 0 atom stereocenters. The van der Waals surface area contributed by atoms with E-state index in [9.17, 15) is 19.2 Å². The normalized spacial score (nSPS) is 16.2. The second kappa shape index (κ2) is 13.0. The van der Waals surface area contributed by atoms with Crippen LogP contribution >= 0.6 is 0 Å². The van der Waals surface area contributed by atoms with E-state index in [1.165, 1.54) is 11.1 Å². The number of fused-ring (bicyclic) bond motifs is 1. The molecule has 1 aromatic heterocycles. The second-order valence-electron chi connectivity index (χ2n) is 10.8. The third-order valence-electron chi connectivity index (χ3n) is 7.92. The van der Waals surface area contributed by atoms with E-state index < -0.39 is 5.91 Å². The van der Waals surface area contributed by atoms with Crippen molar-refractivity contribution in [1.82, 2.24) is 15.1 Å². The SMILES string of the molecule is CCCOc1ccc2oc(C(=O)NCC(=O)N3CCC(c4ccccc4CN4CCCCC4=O)CC3)cc(=O)c2c1. The summed E-state index contributed by atoms with van der Waals surface area (Å²) in [5, 5.41) is 2.94. The van der Waals surface area contributed by atoms with Gasteiger partial charge in [0.05, 0.1) is 18.5 Å². The van der Waals surface area contributed by atoms with Crippen LogP contribution in [0.1, 0.15) is 73.0 Å². The van der Waals surface area contributed by atoms with E-state index in [4.69, 9.17) is 9.15 Å². The van der Waals surface area contributed by atoms with Gasteiger partial charge < -0.3 is 24.3 Å². The van der Waals surface area contributed by atoms with Crippen molar-refractivity contribution in [1.29, 1.82) is 0 Å². The smallest absolute Gasteiger partial charge is 0.287 e. The van der Waals surface area contributed by atoms with Crippen molar-refractivity contribution >= 4 is 28.7 Å². The van der Waals surface area contributed by atoms with Crippen molar-refractivity contribution in [2.24, 2.45) is 0 Å². The van der Waals surface area contributed by atoms with Crippen molar-refractivity contribution in [3.05, 3.63) is 75.6 Å². The summed E-state index contributed by atoms with van der Waals surface area (Å²) in [6.45, 7) is 4.98. The molecule has 3 aromatic rings. The quantitative estimate of drug-likeness (QED) is 0.420. The molecule has 41 heavy (non-hydrogen) atoms. The fourth-order valence-electron chi connectivity index (χ4n) is 5.66. The summed E-state index contributed by atoms with van der Waals surface area (Å²) in [6, 6.07) is 14.4. The molecular weight excluding hydrogens is 522 g/mol. The number of nitrogens with one attached hydrogen (secondary N) is 1. The Morgan fingerprint density at radius 1 is 1.02 bits per heavy atom. The molecule has 2 aromatic carbocycles. The number of hydrogen-bond donors (Lipinski definition) is 1. The Balaban J connectivity index is 1.15. The molecule has 2 saturated heterocycles. The lowest BCUT2D eigenvalue weighted by atomic mass is 9.86. The van der Waals surface area contributed by atoms with Crippen LogP contribution in [0.3, 0.4) is 0 Å². The van der Waals surface area contributed by atoms with Crippen LogP contribution in [-0.4, -0.2) is 60.3 Å². The number of hydrogen-bond acceptors (Lipinski definition) is 6. The highest BCUT2D eigenvalue weighted by atomic mass is 16.5. The third kappa shape index (κ3) is 6.78. The molecule has 0 spiro atoms. The number of piperidine rings is 2. The van der Waals surface area contributed by atoms with Gasteiger partial charge >= 0.3 is 0 Å². The van der Waals surface area contributed by atoms with Crippen molar-refractivity contribution in [2.75, 3.05) is 32.8 Å². The van der Waals surface area contributed by atoms with Gasteiger partial charge in [0.15, 0.2) is 11.2 Å². The molecule has 0 radical (unpaired) electrons. The molecule has 216 valence electrons. The average Bonchev–Trinajstić information content (AvgIpc) is 3.00. The molecule has 1 N–H and O–H groups in total. The monoisotopic (exact) mass is 559 g/mol. The van der Waals surface area contributed by atoms with Crippen LogP contribution in [-0.2, 0) is 16.1 Å². The fraction of sp³-hybridized carbons (Fsp3) is 0.438. The molecule has 9 nitrogen and oxygen atoms in total. The van der Waals surface area contributed by atoms with Crippen molar-refractivity contribution in [2.45, 2.75) is 57.9 Å². The van der Waals surface area contributed by atoms with Gasteiger partial charge in [0, 0.05) is 38.7 Å². The number of carbonyl (C=O) groups excluding carboxylic acids is 3. The van der Waals surface area contributed by atoms with Crippen molar-refractivity contribution < 1.29 is 23.5 Å². The summed E-state index contributed by atoms with van der Waals surface area (Å²) in [4.78, 5) is 54.3. The van der Waals surface area contributed by atoms with Crippen LogP contribution < -0.4 is 15.5 Å². The number of likely N-dealkylation sites (tertiary alicyclic amines) is 2. The Kier molecular flexibility index (Phi) is 9.01. The number of nitrogens with zero attached hydrogens (tertiary/aromatic N) is 2. The summed E-state index contributed by atoms with van der Waals surface area (Å²) < 4.78 is 11.2. The number of amides is 3. The Hall–Kier alpha value is -4.14. The Labute approximate surface area is 239 Å². The lowest BCUT2D eigenvalue weighted by Gasteiger charge is -2.34. The van der Waals surface area contributed by atoms with Gasteiger partial charge in [-0.25, -0.2) is 0 Å². The fourth-order valence-corrected chi connectivity index (χ4v) is 5.66. The van der Waals surface area contributed by atoms with Gasteiger partial charge in [0.25, 0.3) is 5.91 Å². The van der Waals surface area contributed by atoms with Crippen LogP contribution in [0.5, 0.6) is 5.75 Å². The van der Waals surface area contributed by atoms with E-state index in [0.717, 1.165) is 44.7 Å². The predicted octanol–water partition coefficient (Wildman–Crippen LogP) is 4.23. The molecule has 0 bridgehead atoms. The lowest BCUT2D eigenvalue weighted by Crippen LogP contribution is -2.44. The van der Waals surface area contributed by atoms with Gasteiger partial charge in [-0.05, 0) is 67.3 Å². The molecule has 0 saturated carbocycles. The molecule has 3 amide bonds. The molecule has 0 aliphatic carbocycles. The highest BCUT2D eigenvalue weighted by Gasteiger charge is 2.27. The zero-order valence-electron chi connectivity index (χ0n) is 23.5. The molecule has 0 unspecified atom stereocenters. The van der Waals surface area contributed by atoms with E-state index >= 15 is 0 Å². The standard InChI is InChI=1S/C32H37N3O6/c1-2-17-40-24-10-11-28-26(18-24)27(36)19-29(41-28)32(39)33-20-31(38)34-15-12-22(13-16-34)25-8-4-3-7-23(25)21-35-14-6-5-9-30(35)37/h3-4,7-8,10-11,18-19,22H,2,5-6,9,12-17,20-21H2,1H3,(H,33,39). The minimum absolute atomic E-state index is 0.139. The predicted molar refractivity (Wildman–Crippen MR) is 155 cm³/mol. The maximum Gasteiger partial charge on any atom is 0.287 e. The van der Waals surface area contributed by atoms with Crippen LogP contribution in [0.25, 0.3) is 11.0 Å². The van der Waals surface area contributed by atoms with Crippen molar-refractivity contribution in [3.63, 3.8) is 0 Å². The van der Waals surface area contributed by atoms with Gasteiger partial charge in [0.2, 0.25) is 11.8 Å². The van der Waals surface area contributed by atoms with Gasteiger partial charge in [-0.2, -0.15) is 0 Å². The largest absolute Gasteiger partial charge is 0.494 e. The molecular formula is C32H37N3O6. The van der Waals surface area contributed by atoms with Gasteiger partial charge in [-0.15, -0.1) is 0 Å². The maximum atomic E-state index is 12.9. The molecule has 3 heterocycles. The first kappa shape index (κ1) is 28.4. The highest BCUT2D eigenvalue weighted by molar-refractivity contribution is 5.95. The van der Waals surface area contributed by atoms with E-state index in [2.05, 4.69) is 17.4 Å². The molecule has 5 rings (SSSR count). The van der Waals surface area contributed by atoms with Crippen LogP contribution in [0.4, 0.5) is 0 Å². The summed E-state index contributed by atoms with van der Waals surface area (Å²) in [7, 11) is 0. The Morgan fingerprint density at radius 2 is 1.83 bits per heavy atom. The van der Waals surface area contributed by atoms with Gasteiger partial charge in [-0.3, -0.25) is 19.2 Å².